The maximum absolute atomic E-state index is 11.5. The molecule has 5 heteroatoms. The Morgan fingerprint density at radius 3 is 2.42 bits per heavy atom. The molecule has 0 aliphatic rings. The number of rotatable bonds is 13. The molecule has 3 aromatic rings. The van der Waals surface area contributed by atoms with Crippen molar-refractivity contribution in [2.75, 3.05) is 18.0 Å². The van der Waals surface area contributed by atoms with Crippen LogP contribution in [0.1, 0.15) is 67.2 Å². The molecule has 190 valence electrons. The van der Waals surface area contributed by atoms with Gasteiger partial charge < -0.3 is 10.0 Å². The molecule has 0 aliphatic heterocycles. The van der Waals surface area contributed by atoms with Gasteiger partial charge in [0, 0.05) is 24.1 Å². The number of para-hydroxylation sites is 1. The molecule has 5 nitrogen and oxygen atoms in total. The summed E-state index contributed by atoms with van der Waals surface area (Å²) in [6, 6.07) is 19.8. The van der Waals surface area contributed by atoms with Gasteiger partial charge in [-0.1, -0.05) is 57.7 Å². The molecule has 0 saturated carbocycles. The Kier molecular flexibility index (Phi) is 9.83. The minimum Gasteiger partial charge on any atom is -0.478 e. The second kappa shape index (κ2) is 13.0. The summed E-state index contributed by atoms with van der Waals surface area (Å²) in [5, 5.41) is 9.45. The monoisotopic (exact) mass is 485 g/mol. The number of aromatic carboxylic acids is 1. The SMILES string of the molecule is C=C(c1cc(C(=O)O)ccn1)N(c1ccc(CN(CCC)CCCC(C)C)cc1)c1ccccc1C. The highest BCUT2D eigenvalue weighted by molar-refractivity contribution is 5.91. The third-order valence-electron chi connectivity index (χ3n) is 6.33. The van der Waals surface area contributed by atoms with E-state index in [9.17, 15) is 9.90 Å². The first-order valence-electron chi connectivity index (χ1n) is 12.9. The van der Waals surface area contributed by atoms with Gasteiger partial charge in [-0.2, -0.15) is 0 Å². The lowest BCUT2D eigenvalue weighted by Crippen LogP contribution is -2.25. The average Bonchev–Trinajstić information content (AvgIpc) is 2.86. The lowest BCUT2D eigenvalue weighted by atomic mass is 10.1. The first-order valence-corrected chi connectivity index (χ1v) is 12.9. The van der Waals surface area contributed by atoms with Crippen LogP contribution in [0.25, 0.3) is 5.70 Å². The molecule has 0 unspecified atom stereocenters. The van der Waals surface area contributed by atoms with Crippen LogP contribution in [-0.2, 0) is 6.54 Å². The van der Waals surface area contributed by atoms with Crippen LogP contribution in [0.5, 0.6) is 0 Å². The largest absolute Gasteiger partial charge is 0.478 e. The maximum atomic E-state index is 11.5. The van der Waals surface area contributed by atoms with Crippen LogP contribution in [0.3, 0.4) is 0 Å². The van der Waals surface area contributed by atoms with E-state index >= 15 is 0 Å². The fourth-order valence-corrected chi connectivity index (χ4v) is 4.41. The number of nitrogens with zero attached hydrogens (tertiary/aromatic N) is 3. The highest BCUT2D eigenvalue weighted by Gasteiger charge is 2.19. The predicted octanol–water partition coefficient (Wildman–Crippen LogP) is 7.55. The van der Waals surface area contributed by atoms with Crippen LogP contribution in [0, 0.1) is 12.8 Å². The standard InChI is InChI=1S/C31H39N3O2/c1-6-19-33(20-9-10-23(2)3)22-26-13-15-28(16-14-26)34(30-12-8-7-11-24(30)4)25(5)29-21-27(31(35)36)17-18-32-29/h7-8,11-18,21,23H,5-6,9-10,19-20,22H2,1-4H3,(H,35,36). The second-order valence-electron chi connectivity index (χ2n) is 9.78. The zero-order valence-electron chi connectivity index (χ0n) is 22.1. The molecular formula is C31H39N3O2. The molecule has 3 rings (SSSR count). The van der Waals surface area contributed by atoms with Crippen molar-refractivity contribution in [3.63, 3.8) is 0 Å². The Morgan fingerprint density at radius 1 is 1.06 bits per heavy atom. The van der Waals surface area contributed by atoms with Crippen molar-refractivity contribution in [1.29, 1.82) is 0 Å². The van der Waals surface area contributed by atoms with Crippen molar-refractivity contribution in [2.45, 2.75) is 53.5 Å². The molecule has 0 spiro atoms. The molecule has 1 aromatic heterocycles. The van der Waals surface area contributed by atoms with E-state index < -0.39 is 5.97 Å². The molecule has 36 heavy (non-hydrogen) atoms. The smallest absolute Gasteiger partial charge is 0.335 e. The molecule has 1 N–H and O–H groups in total. The van der Waals surface area contributed by atoms with Gasteiger partial charge in [0.1, 0.15) is 0 Å². The topological polar surface area (TPSA) is 56.7 Å². The van der Waals surface area contributed by atoms with Crippen molar-refractivity contribution in [3.8, 4) is 0 Å². The Hall–Kier alpha value is -3.44. The molecule has 0 amide bonds. The van der Waals surface area contributed by atoms with Gasteiger partial charge >= 0.3 is 5.97 Å². The van der Waals surface area contributed by atoms with Crippen molar-refractivity contribution in [2.24, 2.45) is 5.92 Å². The van der Waals surface area contributed by atoms with Gasteiger partial charge in [0.2, 0.25) is 0 Å². The molecule has 0 saturated heterocycles. The van der Waals surface area contributed by atoms with E-state index in [1.54, 1.807) is 6.07 Å². The number of benzene rings is 2. The Bertz CT molecular complexity index is 1150. The number of carboxylic acid groups (broad SMARTS) is 1. The summed E-state index contributed by atoms with van der Waals surface area (Å²) in [4.78, 5) is 20.6. The first-order chi connectivity index (χ1) is 17.3. The fraction of sp³-hybridized carbons (Fsp3) is 0.355. The highest BCUT2D eigenvalue weighted by atomic mass is 16.4. The van der Waals surface area contributed by atoms with Crippen LogP contribution in [0.15, 0.2) is 73.4 Å². The summed E-state index contributed by atoms with van der Waals surface area (Å²) in [7, 11) is 0. The van der Waals surface area contributed by atoms with E-state index in [1.807, 2.05) is 18.2 Å². The third-order valence-corrected chi connectivity index (χ3v) is 6.33. The Labute approximate surface area is 216 Å². The van der Waals surface area contributed by atoms with E-state index in [2.05, 4.69) is 79.4 Å². The van der Waals surface area contributed by atoms with E-state index in [4.69, 9.17) is 0 Å². The number of carbonyl (C=O) groups is 1. The van der Waals surface area contributed by atoms with Gasteiger partial charge in [-0.15, -0.1) is 0 Å². The normalized spacial score (nSPS) is 11.2. The molecule has 0 aliphatic carbocycles. The number of hydrogen-bond acceptors (Lipinski definition) is 4. The Morgan fingerprint density at radius 2 is 1.78 bits per heavy atom. The van der Waals surface area contributed by atoms with Gasteiger partial charge in [0.25, 0.3) is 0 Å². The number of pyridine rings is 1. The zero-order chi connectivity index (χ0) is 26.1. The summed E-state index contributed by atoms with van der Waals surface area (Å²) in [6.07, 6.45) is 5.14. The summed E-state index contributed by atoms with van der Waals surface area (Å²) in [6.45, 7) is 16.3. The molecule has 0 fully saturated rings. The summed E-state index contributed by atoms with van der Waals surface area (Å²) in [5.74, 6) is -0.248. The first kappa shape index (κ1) is 27.2. The highest BCUT2D eigenvalue weighted by Crippen LogP contribution is 2.35. The van der Waals surface area contributed by atoms with Gasteiger partial charge in [-0.25, -0.2) is 4.79 Å². The van der Waals surface area contributed by atoms with Crippen LogP contribution < -0.4 is 4.90 Å². The lowest BCUT2D eigenvalue weighted by molar-refractivity contribution is 0.0696. The molecule has 1 heterocycles. The van der Waals surface area contributed by atoms with Crippen LogP contribution in [-0.4, -0.2) is 34.0 Å². The molecular weight excluding hydrogens is 446 g/mol. The molecule has 2 aromatic carbocycles. The van der Waals surface area contributed by atoms with Crippen molar-refractivity contribution in [1.82, 2.24) is 9.88 Å². The summed E-state index contributed by atoms with van der Waals surface area (Å²) in [5.41, 5.74) is 5.66. The van der Waals surface area contributed by atoms with E-state index in [0.29, 0.717) is 11.4 Å². The van der Waals surface area contributed by atoms with Crippen LogP contribution in [0.4, 0.5) is 11.4 Å². The summed E-state index contributed by atoms with van der Waals surface area (Å²) < 4.78 is 0. The number of aryl methyl sites for hydroxylation is 1. The van der Waals surface area contributed by atoms with Gasteiger partial charge in [0.05, 0.1) is 17.0 Å². The maximum Gasteiger partial charge on any atom is 0.335 e. The van der Waals surface area contributed by atoms with Crippen molar-refractivity contribution >= 4 is 23.0 Å². The molecule has 0 atom stereocenters. The zero-order valence-corrected chi connectivity index (χ0v) is 22.1. The van der Waals surface area contributed by atoms with Gasteiger partial charge in [0.15, 0.2) is 0 Å². The lowest BCUT2D eigenvalue weighted by Gasteiger charge is -2.29. The van der Waals surface area contributed by atoms with Gasteiger partial charge in [-0.05, 0) is 86.7 Å². The third kappa shape index (κ3) is 7.28. The van der Waals surface area contributed by atoms with Crippen LogP contribution >= 0.6 is 0 Å². The van der Waals surface area contributed by atoms with E-state index in [0.717, 1.165) is 48.9 Å². The second-order valence-corrected chi connectivity index (χ2v) is 9.78. The predicted molar refractivity (Wildman–Crippen MR) is 150 cm³/mol. The summed E-state index contributed by atoms with van der Waals surface area (Å²) >= 11 is 0. The quantitative estimate of drug-likeness (QED) is 0.271. The van der Waals surface area contributed by atoms with Crippen molar-refractivity contribution in [3.05, 3.63) is 95.8 Å². The van der Waals surface area contributed by atoms with Crippen LogP contribution in [0.2, 0.25) is 0 Å². The van der Waals surface area contributed by atoms with E-state index in [1.165, 1.54) is 30.7 Å². The van der Waals surface area contributed by atoms with Gasteiger partial charge in [-0.3, -0.25) is 9.88 Å². The number of hydrogen-bond donors (Lipinski definition) is 1. The minimum absolute atomic E-state index is 0.190. The number of aromatic nitrogens is 1. The number of anilines is 2. The minimum atomic E-state index is -0.983. The average molecular weight is 486 g/mol. The Balaban J connectivity index is 1.89. The molecule has 0 bridgehead atoms. The van der Waals surface area contributed by atoms with E-state index in [-0.39, 0.29) is 5.56 Å². The number of carboxylic acids is 1. The van der Waals surface area contributed by atoms with Crippen molar-refractivity contribution < 1.29 is 9.90 Å². The fourth-order valence-electron chi connectivity index (χ4n) is 4.41. The molecule has 0 radical (unpaired) electrons.